The van der Waals surface area contributed by atoms with E-state index in [0.717, 1.165) is 0 Å². The van der Waals surface area contributed by atoms with Gasteiger partial charge in [0, 0.05) is 6.08 Å². The van der Waals surface area contributed by atoms with Gasteiger partial charge in [0.25, 0.3) is 5.91 Å². The van der Waals surface area contributed by atoms with E-state index in [9.17, 15) is 14.0 Å². The molecule has 90 valence electrons. The summed E-state index contributed by atoms with van der Waals surface area (Å²) in [5, 5.41) is 0. The first kappa shape index (κ1) is 12.7. The van der Waals surface area contributed by atoms with Gasteiger partial charge >= 0.3 is 6.09 Å². The molecule has 0 aliphatic heterocycles. The van der Waals surface area contributed by atoms with Crippen molar-refractivity contribution in [1.82, 2.24) is 10.9 Å². The van der Waals surface area contributed by atoms with Gasteiger partial charge in [-0.3, -0.25) is 10.2 Å². The minimum atomic E-state index is -0.770. The van der Waals surface area contributed by atoms with Crippen LogP contribution in [-0.2, 0) is 9.53 Å². The molecule has 0 aliphatic carbocycles. The Morgan fingerprint density at radius 2 is 1.88 bits per heavy atom. The van der Waals surface area contributed by atoms with Crippen LogP contribution in [-0.4, -0.2) is 19.1 Å². The summed E-state index contributed by atoms with van der Waals surface area (Å²) in [5.74, 6) is -0.876. The third-order valence-electron chi connectivity index (χ3n) is 1.77. The van der Waals surface area contributed by atoms with Gasteiger partial charge in [-0.15, -0.1) is 0 Å². The number of hydrogen-bond acceptors (Lipinski definition) is 3. The number of carbonyl (C=O) groups excluding carboxylic acids is 2. The van der Waals surface area contributed by atoms with Gasteiger partial charge in [0.05, 0.1) is 7.11 Å². The molecule has 6 heteroatoms. The molecule has 1 aromatic rings. The average Bonchev–Trinajstić information content (AvgIpc) is 2.35. The summed E-state index contributed by atoms with van der Waals surface area (Å²) in [6, 6.07) is 5.61. The minimum absolute atomic E-state index is 0.348. The van der Waals surface area contributed by atoms with Crippen molar-refractivity contribution in [3.8, 4) is 0 Å². The second-order valence-electron chi connectivity index (χ2n) is 2.99. The fourth-order valence-corrected chi connectivity index (χ4v) is 0.951. The van der Waals surface area contributed by atoms with Crippen LogP contribution in [0.4, 0.5) is 9.18 Å². The predicted molar refractivity (Wildman–Crippen MR) is 59.1 cm³/mol. The zero-order valence-corrected chi connectivity index (χ0v) is 9.07. The third-order valence-corrected chi connectivity index (χ3v) is 1.77. The Bertz CT molecular complexity index is 429. The Hall–Kier alpha value is -2.37. The highest BCUT2D eigenvalue weighted by Crippen LogP contribution is 2.04. The molecule has 2 amide bonds. The number of rotatable bonds is 2. The molecule has 0 aliphatic rings. The van der Waals surface area contributed by atoms with Crippen LogP contribution in [0.3, 0.4) is 0 Å². The van der Waals surface area contributed by atoms with E-state index in [4.69, 9.17) is 0 Å². The predicted octanol–water partition coefficient (Wildman–Crippen LogP) is 1.23. The summed E-state index contributed by atoms with van der Waals surface area (Å²) in [5.41, 5.74) is 4.76. The zero-order chi connectivity index (χ0) is 12.7. The number of nitrogens with one attached hydrogen (secondary N) is 2. The number of benzene rings is 1. The van der Waals surface area contributed by atoms with Crippen LogP contribution < -0.4 is 10.9 Å². The van der Waals surface area contributed by atoms with Gasteiger partial charge in [-0.25, -0.2) is 14.6 Å². The first-order valence-corrected chi connectivity index (χ1v) is 4.69. The lowest BCUT2D eigenvalue weighted by atomic mass is 10.2. The lowest BCUT2D eigenvalue weighted by molar-refractivity contribution is -0.117. The molecule has 0 aromatic heterocycles. The van der Waals surface area contributed by atoms with Crippen LogP contribution in [0.25, 0.3) is 6.08 Å². The Labute approximate surface area is 97.2 Å². The number of methoxy groups -OCH3 is 1. The van der Waals surface area contributed by atoms with Crippen molar-refractivity contribution < 1.29 is 18.7 Å². The number of ether oxygens (including phenoxy) is 1. The molecule has 0 spiro atoms. The van der Waals surface area contributed by atoms with Crippen LogP contribution in [0.2, 0.25) is 0 Å². The topological polar surface area (TPSA) is 67.4 Å². The van der Waals surface area contributed by atoms with E-state index >= 15 is 0 Å². The lowest BCUT2D eigenvalue weighted by Gasteiger charge is -2.02. The smallest absolute Gasteiger partial charge is 0.425 e. The summed E-state index contributed by atoms with van der Waals surface area (Å²) >= 11 is 0. The largest absolute Gasteiger partial charge is 0.452 e. The molecule has 0 heterocycles. The highest BCUT2D eigenvalue weighted by molar-refractivity contribution is 5.92. The molecule has 2 N–H and O–H groups in total. The summed E-state index contributed by atoms with van der Waals surface area (Å²) < 4.78 is 16.8. The number of halogens is 1. The number of hydrogen-bond donors (Lipinski definition) is 2. The fourth-order valence-electron chi connectivity index (χ4n) is 0.951. The molecule has 0 unspecified atom stereocenters. The Morgan fingerprint density at radius 1 is 1.24 bits per heavy atom. The molecular formula is C11H11FN2O3. The molecule has 0 radical (unpaired) electrons. The van der Waals surface area contributed by atoms with Crippen molar-refractivity contribution >= 4 is 18.1 Å². The molecule has 0 saturated heterocycles. The van der Waals surface area contributed by atoms with Gasteiger partial charge in [-0.2, -0.15) is 0 Å². The Kier molecular flexibility index (Phi) is 4.68. The first-order chi connectivity index (χ1) is 8.11. The summed E-state index contributed by atoms with van der Waals surface area (Å²) in [4.78, 5) is 21.8. The van der Waals surface area contributed by atoms with E-state index in [-0.39, 0.29) is 5.82 Å². The summed E-state index contributed by atoms with van der Waals surface area (Å²) in [7, 11) is 1.18. The SMILES string of the molecule is COC(=O)NNC(=O)/C=C/c1ccc(F)cc1. The fraction of sp³-hybridized carbons (Fsp3) is 0.0909. The van der Waals surface area contributed by atoms with Crippen LogP contribution in [0, 0.1) is 5.82 Å². The Morgan fingerprint density at radius 3 is 2.47 bits per heavy atom. The standard InChI is InChI=1S/C11H11FN2O3/c1-17-11(16)14-13-10(15)7-4-8-2-5-9(12)6-3-8/h2-7H,1H3,(H,13,15)(H,14,16)/b7-4+. The summed E-state index contributed by atoms with van der Waals surface area (Å²) in [6.07, 6.45) is 1.91. The van der Waals surface area contributed by atoms with E-state index in [1.807, 2.05) is 5.43 Å². The van der Waals surface area contributed by atoms with Crippen molar-refractivity contribution in [2.24, 2.45) is 0 Å². The third kappa shape index (κ3) is 4.78. The van der Waals surface area contributed by atoms with Crippen LogP contribution >= 0.6 is 0 Å². The van der Waals surface area contributed by atoms with E-state index in [1.165, 1.54) is 43.5 Å². The van der Waals surface area contributed by atoms with Crippen molar-refractivity contribution in [2.75, 3.05) is 7.11 Å². The average molecular weight is 238 g/mol. The normalized spacial score (nSPS) is 10.0. The van der Waals surface area contributed by atoms with Crippen molar-refractivity contribution in [2.45, 2.75) is 0 Å². The molecule has 1 aromatic carbocycles. The molecule has 0 atom stereocenters. The number of hydrazine groups is 1. The molecule has 5 nitrogen and oxygen atoms in total. The van der Waals surface area contributed by atoms with Gasteiger partial charge in [-0.1, -0.05) is 12.1 Å². The quantitative estimate of drug-likeness (QED) is 0.601. The van der Waals surface area contributed by atoms with Crippen LogP contribution in [0.1, 0.15) is 5.56 Å². The second-order valence-corrected chi connectivity index (χ2v) is 2.99. The maximum absolute atomic E-state index is 12.6. The van der Waals surface area contributed by atoms with Gasteiger partial charge in [0.1, 0.15) is 5.82 Å². The van der Waals surface area contributed by atoms with Gasteiger partial charge in [0.2, 0.25) is 0 Å². The second kappa shape index (κ2) is 6.26. The highest BCUT2D eigenvalue weighted by Gasteiger charge is 1.99. The highest BCUT2D eigenvalue weighted by atomic mass is 19.1. The minimum Gasteiger partial charge on any atom is -0.452 e. The molecule has 0 saturated carbocycles. The monoisotopic (exact) mass is 238 g/mol. The van der Waals surface area contributed by atoms with Crippen molar-refractivity contribution in [1.29, 1.82) is 0 Å². The van der Waals surface area contributed by atoms with Crippen LogP contribution in [0.5, 0.6) is 0 Å². The molecule has 0 fully saturated rings. The molecule has 1 rings (SSSR count). The maximum atomic E-state index is 12.6. The first-order valence-electron chi connectivity index (χ1n) is 4.69. The molecular weight excluding hydrogens is 227 g/mol. The Balaban J connectivity index is 2.45. The van der Waals surface area contributed by atoms with Gasteiger partial charge in [0.15, 0.2) is 0 Å². The number of carbonyl (C=O) groups is 2. The van der Waals surface area contributed by atoms with E-state index in [0.29, 0.717) is 5.56 Å². The maximum Gasteiger partial charge on any atom is 0.425 e. The molecule has 17 heavy (non-hydrogen) atoms. The number of amides is 2. The van der Waals surface area contributed by atoms with E-state index in [1.54, 1.807) is 0 Å². The molecule has 0 bridgehead atoms. The van der Waals surface area contributed by atoms with E-state index in [2.05, 4.69) is 10.2 Å². The van der Waals surface area contributed by atoms with Crippen molar-refractivity contribution in [3.05, 3.63) is 41.7 Å². The van der Waals surface area contributed by atoms with Crippen LogP contribution in [0.15, 0.2) is 30.3 Å². The van der Waals surface area contributed by atoms with Crippen molar-refractivity contribution in [3.63, 3.8) is 0 Å². The zero-order valence-electron chi connectivity index (χ0n) is 9.07. The summed E-state index contributed by atoms with van der Waals surface area (Å²) in [6.45, 7) is 0. The lowest BCUT2D eigenvalue weighted by Crippen LogP contribution is -2.40. The van der Waals surface area contributed by atoms with Gasteiger partial charge < -0.3 is 4.74 Å². The van der Waals surface area contributed by atoms with E-state index < -0.39 is 12.0 Å². The van der Waals surface area contributed by atoms with Gasteiger partial charge in [-0.05, 0) is 23.8 Å².